The van der Waals surface area contributed by atoms with Crippen LogP contribution in [0, 0.1) is 6.92 Å². The molecule has 2 heterocycles. The molecule has 0 radical (unpaired) electrons. The molecule has 0 bridgehead atoms. The number of rotatable bonds is 5. The van der Waals surface area contributed by atoms with Gasteiger partial charge >= 0.3 is 0 Å². The van der Waals surface area contributed by atoms with Gasteiger partial charge in [0.25, 0.3) is 5.91 Å². The maximum absolute atomic E-state index is 12.9. The highest BCUT2D eigenvalue weighted by atomic mass is 16.5. The van der Waals surface area contributed by atoms with Crippen molar-refractivity contribution in [1.82, 2.24) is 19.8 Å². The van der Waals surface area contributed by atoms with E-state index in [-0.39, 0.29) is 11.8 Å². The van der Waals surface area contributed by atoms with Crippen LogP contribution in [-0.2, 0) is 4.79 Å². The van der Waals surface area contributed by atoms with E-state index in [1.165, 1.54) is 6.92 Å². The molecule has 154 valence electrons. The molecule has 2 aromatic rings. The fraction of sp³-hybridized carbons (Fsp3) is 0.400. The van der Waals surface area contributed by atoms with Crippen molar-refractivity contribution in [3.63, 3.8) is 0 Å². The molecule has 1 aliphatic heterocycles. The number of piperazine rings is 1. The second kappa shape index (κ2) is 8.76. The zero-order valence-electron chi connectivity index (χ0n) is 17.1. The molecule has 29 heavy (non-hydrogen) atoms. The molecule has 1 aliphatic rings. The van der Waals surface area contributed by atoms with Gasteiger partial charge in [-0.05, 0) is 25.1 Å². The van der Waals surface area contributed by atoms with E-state index >= 15 is 0 Å². The van der Waals surface area contributed by atoms with Gasteiger partial charge in [-0.3, -0.25) is 9.59 Å². The lowest BCUT2D eigenvalue weighted by Crippen LogP contribution is -2.50. The van der Waals surface area contributed by atoms with Gasteiger partial charge in [-0.1, -0.05) is 0 Å². The minimum absolute atomic E-state index is 0.0219. The molecular formula is C20H25N5O4. The molecule has 9 nitrogen and oxygen atoms in total. The Hall–Kier alpha value is -3.36. The van der Waals surface area contributed by atoms with Gasteiger partial charge in [0, 0.05) is 44.9 Å². The first-order chi connectivity index (χ1) is 13.9. The molecule has 0 atom stereocenters. The molecule has 3 rings (SSSR count). The zero-order valence-corrected chi connectivity index (χ0v) is 17.1. The van der Waals surface area contributed by atoms with Gasteiger partial charge < -0.3 is 24.6 Å². The summed E-state index contributed by atoms with van der Waals surface area (Å²) in [6.07, 6.45) is 0. The van der Waals surface area contributed by atoms with Crippen molar-refractivity contribution in [2.75, 3.05) is 45.7 Å². The number of carbonyl (C=O) groups excluding carboxylic acids is 2. The van der Waals surface area contributed by atoms with Crippen molar-refractivity contribution in [2.45, 2.75) is 13.8 Å². The zero-order chi connectivity index (χ0) is 21.0. The van der Waals surface area contributed by atoms with Gasteiger partial charge in [0.2, 0.25) is 11.9 Å². The van der Waals surface area contributed by atoms with E-state index in [2.05, 4.69) is 15.3 Å². The molecule has 1 fully saturated rings. The van der Waals surface area contributed by atoms with E-state index in [0.717, 1.165) is 0 Å². The second-order valence-corrected chi connectivity index (χ2v) is 6.71. The summed E-state index contributed by atoms with van der Waals surface area (Å²) in [5.41, 5.74) is 1.60. The first-order valence-electron chi connectivity index (χ1n) is 9.30. The van der Waals surface area contributed by atoms with Gasteiger partial charge in [0.15, 0.2) is 0 Å². The number of aryl methyl sites for hydroxylation is 1. The standard InChI is InChI=1S/C20H25N5O4/c1-13-11-17(19(27)25-9-7-24(8-10-25)14(2)26)23-20(21-13)22-16-12-15(28-3)5-6-18(16)29-4/h5-6,11-12H,7-10H2,1-4H3,(H,21,22,23). The van der Waals surface area contributed by atoms with Crippen LogP contribution in [0.2, 0.25) is 0 Å². The SMILES string of the molecule is COc1ccc(OC)c(Nc2nc(C)cc(C(=O)N3CCN(C(C)=O)CC3)n2)c1. The van der Waals surface area contributed by atoms with Crippen molar-refractivity contribution < 1.29 is 19.1 Å². The number of carbonyl (C=O) groups is 2. The van der Waals surface area contributed by atoms with Crippen LogP contribution in [0.4, 0.5) is 11.6 Å². The maximum Gasteiger partial charge on any atom is 0.272 e. The van der Waals surface area contributed by atoms with Crippen LogP contribution < -0.4 is 14.8 Å². The summed E-state index contributed by atoms with van der Waals surface area (Å²) >= 11 is 0. The van der Waals surface area contributed by atoms with Crippen molar-refractivity contribution in [1.29, 1.82) is 0 Å². The number of methoxy groups -OCH3 is 2. The Morgan fingerprint density at radius 3 is 2.31 bits per heavy atom. The first kappa shape index (κ1) is 20.4. The Balaban J connectivity index is 1.80. The van der Waals surface area contributed by atoms with Crippen LogP contribution in [-0.4, -0.2) is 72.0 Å². The number of aromatic nitrogens is 2. The van der Waals surface area contributed by atoms with E-state index < -0.39 is 0 Å². The number of amides is 2. The number of hydrogen-bond acceptors (Lipinski definition) is 7. The van der Waals surface area contributed by atoms with E-state index in [1.807, 2.05) is 0 Å². The fourth-order valence-corrected chi connectivity index (χ4v) is 3.15. The van der Waals surface area contributed by atoms with Gasteiger partial charge in [0.1, 0.15) is 17.2 Å². The predicted molar refractivity (Wildman–Crippen MR) is 108 cm³/mol. The third kappa shape index (κ3) is 4.74. The van der Waals surface area contributed by atoms with Crippen molar-refractivity contribution in [2.24, 2.45) is 0 Å². The third-order valence-corrected chi connectivity index (χ3v) is 4.74. The van der Waals surface area contributed by atoms with Gasteiger partial charge in [-0.25, -0.2) is 9.97 Å². The second-order valence-electron chi connectivity index (χ2n) is 6.71. The first-order valence-corrected chi connectivity index (χ1v) is 9.30. The smallest absolute Gasteiger partial charge is 0.272 e. The number of nitrogens with one attached hydrogen (secondary N) is 1. The highest BCUT2D eigenvalue weighted by Gasteiger charge is 2.24. The topological polar surface area (TPSA) is 96.9 Å². The lowest BCUT2D eigenvalue weighted by atomic mass is 10.2. The van der Waals surface area contributed by atoms with Gasteiger partial charge in [0.05, 0.1) is 19.9 Å². The lowest BCUT2D eigenvalue weighted by Gasteiger charge is -2.34. The van der Waals surface area contributed by atoms with Gasteiger partial charge in [-0.2, -0.15) is 0 Å². The molecule has 1 aromatic carbocycles. The molecule has 0 spiro atoms. The van der Waals surface area contributed by atoms with E-state index in [1.54, 1.807) is 55.2 Å². The third-order valence-electron chi connectivity index (χ3n) is 4.74. The highest BCUT2D eigenvalue weighted by molar-refractivity contribution is 5.93. The van der Waals surface area contributed by atoms with Crippen LogP contribution >= 0.6 is 0 Å². The van der Waals surface area contributed by atoms with Crippen LogP contribution in [0.15, 0.2) is 24.3 Å². The minimum Gasteiger partial charge on any atom is -0.497 e. The molecule has 0 unspecified atom stereocenters. The number of hydrogen-bond donors (Lipinski definition) is 1. The number of ether oxygens (including phenoxy) is 2. The molecule has 0 aliphatic carbocycles. The van der Waals surface area contributed by atoms with E-state index in [9.17, 15) is 9.59 Å². The molecule has 1 N–H and O–H groups in total. The van der Waals surface area contributed by atoms with Crippen molar-refractivity contribution in [3.05, 3.63) is 35.7 Å². The Morgan fingerprint density at radius 1 is 1.00 bits per heavy atom. The van der Waals surface area contributed by atoms with Crippen LogP contribution in [0.3, 0.4) is 0 Å². The van der Waals surface area contributed by atoms with E-state index in [0.29, 0.717) is 60.7 Å². The highest BCUT2D eigenvalue weighted by Crippen LogP contribution is 2.30. The number of anilines is 2. The largest absolute Gasteiger partial charge is 0.497 e. The summed E-state index contributed by atoms with van der Waals surface area (Å²) in [5.74, 6) is 1.39. The number of nitrogens with zero attached hydrogens (tertiary/aromatic N) is 4. The summed E-state index contributed by atoms with van der Waals surface area (Å²) in [6, 6.07) is 7.00. The quantitative estimate of drug-likeness (QED) is 0.819. The monoisotopic (exact) mass is 399 g/mol. The Bertz CT molecular complexity index is 910. The predicted octanol–water partition coefficient (Wildman–Crippen LogP) is 1.85. The molecule has 9 heteroatoms. The molecule has 2 amide bonds. The Kier molecular flexibility index (Phi) is 6.16. The number of benzene rings is 1. The van der Waals surface area contributed by atoms with Crippen molar-refractivity contribution >= 4 is 23.5 Å². The summed E-state index contributed by atoms with van der Waals surface area (Å²) < 4.78 is 10.6. The fourth-order valence-electron chi connectivity index (χ4n) is 3.15. The summed E-state index contributed by atoms with van der Waals surface area (Å²) in [6.45, 7) is 5.35. The average molecular weight is 399 g/mol. The molecular weight excluding hydrogens is 374 g/mol. The Morgan fingerprint density at radius 2 is 1.69 bits per heavy atom. The summed E-state index contributed by atoms with van der Waals surface area (Å²) in [5, 5.41) is 3.11. The normalized spacial score (nSPS) is 13.8. The Labute approximate surface area is 169 Å². The molecule has 1 aromatic heterocycles. The summed E-state index contributed by atoms with van der Waals surface area (Å²) in [7, 11) is 3.15. The average Bonchev–Trinajstić information content (AvgIpc) is 2.72. The minimum atomic E-state index is -0.181. The summed E-state index contributed by atoms with van der Waals surface area (Å²) in [4.78, 5) is 36.6. The van der Waals surface area contributed by atoms with Crippen LogP contribution in [0.1, 0.15) is 23.1 Å². The molecule has 0 saturated carbocycles. The van der Waals surface area contributed by atoms with Gasteiger partial charge in [-0.15, -0.1) is 0 Å². The van der Waals surface area contributed by atoms with Crippen molar-refractivity contribution in [3.8, 4) is 11.5 Å². The molecule has 1 saturated heterocycles. The van der Waals surface area contributed by atoms with E-state index in [4.69, 9.17) is 9.47 Å². The van der Waals surface area contributed by atoms with Crippen LogP contribution in [0.5, 0.6) is 11.5 Å². The van der Waals surface area contributed by atoms with Crippen LogP contribution in [0.25, 0.3) is 0 Å². The lowest BCUT2D eigenvalue weighted by molar-refractivity contribution is -0.130. The maximum atomic E-state index is 12.9.